The lowest BCUT2D eigenvalue weighted by molar-refractivity contribution is -0.385. The van der Waals surface area contributed by atoms with Crippen LogP contribution in [0.2, 0.25) is 0 Å². The molecule has 1 aliphatic heterocycles. The topological polar surface area (TPSA) is 98.9 Å². The summed E-state index contributed by atoms with van der Waals surface area (Å²) in [6, 6.07) is 2.74. The average molecular weight is 267 g/mol. The number of aliphatic carboxylic acids is 1. The first kappa shape index (κ1) is 13.1. The molecule has 0 aromatic heterocycles. The highest BCUT2D eigenvalue weighted by molar-refractivity contribution is 5.78. The molecule has 0 saturated heterocycles. The molecule has 1 aromatic carbocycles. The van der Waals surface area contributed by atoms with Crippen molar-refractivity contribution in [3.8, 4) is 11.5 Å². The average Bonchev–Trinajstić information content (AvgIpc) is 2.74. The zero-order chi connectivity index (χ0) is 14.2. The van der Waals surface area contributed by atoms with E-state index in [1.165, 1.54) is 12.1 Å². The molecule has 0 fully saturated rings. The van der Waals surface area contributed by atoms with Crippen LogP contribution in [0.4, 0.5) is 5.69 Å². The summed E-state index contributed by atoms with van der Waals surface area (Å²) < 4.78 is 10.2. The zero-order valence-electron chi connectivity index (χ0n) is 10.5. The lowest BCUT2D eigenvalue weighted by Crippen LogP contribution is -2.17. The van der Waals surface area contributed by atoms with Gasteiger partial charge in [0, 0.05) is 6.07 Å². The van der Waals surface area contributed by atoms with Crippen molar-refractivity contribution in [1.82, 2.24) is 0 Å². The summed E-state index contributed by atoms with van der Waals surface area (Å²) in [6.07, 6.45) is 0. The summed E-state index contributed by atoms with van der Waals surface area (Å²) in [6.45, 7) is 3.39. The lowest BCUT2D eigenvalue weighted by atomic mass is 9.88. The second-order valence-corrected chi connectivity index (χ2v) is 4.59. The van der Waals surface area contributed by atoms with Crippen LogP contribution in [0, 0.1) is 16.0 Å². The molecule has 0 spiro atoms. The van der Waals surface area contributed by atoms with Crippen LogP contribution in [0.25, 0.3) is 0 Å². The summed E-state index contributed by atoms with van der Waals surface area (Å²) in [5.41, 5.74) is 0.0790. The van der Waals surface area contributed by atoms with E-state index in [9.17, 15) is 20.0 Å². The monoisotopic (exact) mass is 267 g/mol. The highest BCUT2D eigenvalue weighted by Crippen LogP contribution is 2.43. The standard InChI is InChI=1S/C12H13NO6/c1-6(2)10(12(14)15)7-3-8(13(16)17)11-9(4-7)18-5-19-11/h3-4,6,10H,5H2,1-2H3,(H,14,15). The van der Waals surface area contributed by atoms with Gasteiger partial charge in [-0.1, -0.05) is 13.8 Å². The first-order valence-electron chi connectivity index (χ1n) is 5.72. The van der Waals surface area contributed by atoms with E-state index >= 15 is 0 Å². The minimum absolute atomic E-state index is 0.0571. The number of carboxylic acids is 1. The number of carbonyl (C=O) groups is 1. The van der Waals surface area contributed by atoms with Gasteiger partial charge in [-0.15, -0.1) is 0 Å². The molecule has 1 heterocycles. The molecular weight excluding hydrogens is 254 g/mol. The highest BCUT2D eigenvalue weighted by Gasteiger charge is 2.32. The van der Waals surface area contributed by atoms with E-state index in [1.807, 2.05) is 0 Å². The van der Waals surface area contributed by atoms with Crippen LogP contribution in [0.15, 0.2) is 12.1 Å². The Labute approximate surface area is 108 Å². The van der Waals surface area contributed by atoms with E-state index in [2.05, 4.69) is 0 Å². The van der Waals surface area contributed by atoms with Crippen molar-refractivity contribution in [1.29, 1.82) is 0 Å². The van der Waals surface area contributed by atoms with Crippen LogP contribution in [-0.4, -0.2) is 22.8 Å². The molecule has 1 atom stereocenters. The van der Waals surface area contributed by atoms with Crippen LogP contribution in [0.5, 0.6) is 11.5 Å². The van der Waals surface area contributed by atoms with Gasteiger partial charge in [0.1, 0.15) is 0 Å². The van der Waals surface area contributed by atoms with Gasteiger partial charge in [0.05, 0.1) is 10.8 Å². The minimum Gasteiger partial charge on any atom is -0.481 e. The number of benzene rings is 1. The number of hydrogen-bond acceptors (Lipinski definition) is 5. The number of carboxylic acid groups (broad SMARTS) is 1. The van der Waals surface area contributed by atoms with Crippen molar-refractivity contribution in [3.05, 3.63) is 27.8 Å². The molecule has 1 N–H and O–H groups in total. The van der Waals surface area contributed by atoms with Crippen molar-refractivity contribution in [2.75, 3.05) is 6.79 Å². The van der Waals surface area contributed by atoms with Gasteiger partial charge >= 0.3 is 11.7 Å². The van der Waals surface area contributed by atoms with Crippen molar-refractivity contribution in [2.45, 2.75) is 19.8 Å². The molecular formula is C12H13NO6. The van der Waals surface area contributed by atoms with Gasteiger partial charge in [0.25, 0.3) is 0 Å². The van der Waals surface area contributed by atoms with Gasteiger partial charge < -0.3 is 14.6 Å². The molecule has 0 saturated carbocycles. The number of hydrogen-bond donors (Lipinski definition) is 1. The predicted octanol–water partition coefficient (Wildman–Crippen LogP) is 2.15. The first-order valence-corrected chi connectivity index (χ1v) is 5.72. The van der Waals surface area contributed by atoms with E-state index < -0.39 is 16.8 Å². The van der Waals surface area contributed by atoms with Gasteiger partial charge in [-0.25, -0.2) is 0 Å². The maximum atomic E-state index is 11.3. The second kappa shape index (κ2) is 4.75. The molecule has 0 bridgehead atoms. The van der Waals surface area contributed by atoms with E-state index in [0.717, 1.165) is 0 Å². The van der Waals surface area contributed by atoms with Gasteiger partial charge in [-0.2, -0.15) is 0 Å². The lowest BCUT2D eigenvalue weighted by Gasteiger charge is -2.16. The molecule has 2 rings (SSSR count). The van der Waals surface area contributed by atoms with Crippen LogP contribution in [-0.2, 0) is 4.79 Å². The Morgan fingerprint density at radius 3 is 2.63 bits per heavy atom. The van der Waals surface area contributed by atoms with Crippen LogP contribution < -0.4 is 9.47 Å². The van der Waals surface area contributed by atoms with Gasteiger partial charge in [0.15, 0.2) is 5.75 Å². The fourth-order valence-corrected chi connectivity index (χ4v) is 2.14. The number of ether oxygens (including phenoxy) is 2. The Balaban J connectivity index is 2.56. The third-order valence-electron chi connectivity index (χ3n) is 2.96. The quantitative estimate of drug-likeness (QED) is 0.662. The summed E-state index contributed by atoms with van der Waals surface area (Å²) in [4.78, 5) is 21.7. The fourth-order valence-electron chi connectivity index (χ4n) is 2.14. The van der Waals surface area contributed by atoms with Crippen molar-refractivity contribution in [2.24, 2.45) is 5.92 Å². The third-order valence-corrected chi connectivity index (χ3v) is 2.96. The van der Waals surface area contributed by atoms with Crippen LogP contribution in [0.1, 0.15) is 25.3 Å². The number of fused-ring (bicyclic) bond motifs is 1. The van der Waals surface area contributed by atoms with E-state index in [1.54, 1.807) is 13.8 Å². The number of nitro benzene ring substituents is 1. The van der Waals surface area contributed by atoms with Crippen molar-refractivity contribution in [3.63, 3.8) is 0 Å². The molecule has 0 aliphatic carbocycles. The Hall–Kier alpha value is -2.31. The SMILES string of the molecule is CC(C)C(C(=O)O)c1cc2c(c([N+](=O)[O-])c1)OCO2. The largest absolute Gasteiger partial charge is 0.481 e. The molecule has 0 amide bonds. The molecule has 7 heteroatoms. The molecule has 0 radical (unpaired) electrons. The smallest absolute Gasteiger partial charge is 0.315 e. The van der Waals surface area contributed by atoms with Crippen LogP contribution >= 0.6 is 0 Å². The molecule has 1 unspecified atom stereocenters. The van der Waals surface area contributed by atoms with Crippen molar-refractivity contribution >= 4 is 11.7 Å². The second-order valence-electron chi connectivity index (χ2n) is 4.59. The zero-order valence-corrected chi connectivity index (χ0v) is 10.5. The van der Waals surface area contributed by atoms with Crippen molar-refractivity contribution < 1.29 is 24.3 Å². The van der Waals surface area contributed by atoms with Gasteiger partial charge in [-0.3, -0.25) is 14.9 Å². The maximum Gasteiger partial charge on any atom is 0.315 e. The summed E-state index contributed by atoms with van der Waals surface area (Å²) >= 11 is 0. The van der Waals surface area contributed by atoms with E-state index in [0.29, 0.717) is 5.56 Å². The number of rotatable bonds is 4. The molecule has 102 valence electrons. The number of nitrogens with zero attached hydrogens (tertiary/aromatic N) is 1. The summed E-state index contributed by atoms with van der Waals surface area (Å²) in [7, 11) is 0. The first-order chi connectivity index (χ1) is 8.91. The third kappa shape index (κ3) is 2.31. The highest BCUT2D eigenvalue weighted by atomic mass is 16.7. The van der Waals surface area contributed by atoms with Gasteiger partial charge in [0.2, 0.25) is 12.5 Å². The normalized spacial score (nSPS) is 14.5. The number of nitro groups is 1. The predicted molar refractivity (Wildman–Crippen MR) is 64.4 cm³/mol. The molecule has 1 aromatic rings. The van der Waals surface area contributed by atoms with Crippen LogP contribution in [0.3, 0.4) is 0 Å². The summed E-state index contributed by atoms with van der Waals surface area (Å²) in [5.74, 6) is -1.77. The Bertz CT molecular complexity index is 539. The molecule has 7 nitrogen and oxygen atoms in total. The van der Waals surface area contributed by atoms with E-state index in [4.69, 9.17) is 9.47 Å². The van der Waals surface area contributed by atoms with Gasteiger partial charge in [-0.05, 0) is 17.5 Å². The Kier molecular flexibility index (Phi) is 3.28. The minimum atomic E-state index is -1.02. The fraction of sp³-hybridized carbons (Fsp3) is 0.417. The molecule has 1 aliphatic rings. The molecule has 19 heavy (non-hydrogen) atoms. The summed E-state index contributed by atoms with van der Waals surface area (Å²) in [5, 5.41) is 20.2. The maximum absolute atomic E-state index is 11.3. The Morgan fingerprint density at radius 2 is 2.11 bits per heavy atom. The van der Waals surface area contributed by atoms with E-state index in [-0.39, 0.29) is 29.9 Å². The Morgan fingerprint density at radius 1 is 1.42 bits per heavy atom.